The van der Waals surface area contributed by atoms with Crippen molar-refractivity contribution in [1.29, 1.82) is 0 Å². The average molecular weight is 393 g/mol. The summed E-state index contributed by atoms with van der Waals surface area (Å²) in [5.74, 6) is 1.92. The van der Waals surface area contributed by atoms with Crippen molar-refractivity contribution >= 4 is 5.91 Å². The van der Waals surface area contributed by atoms with Gasteiger partial charge in [-0.05, 0) is 50.5 Å². The van der Waals surface area contributed by atoms with Crippen molar-refractivity contribution in [3.63, 3.8) is 0 Å². The van der Waals surface area contributed by atoms with Crippen molar-refractivity contribution < 1.29 is 4.79 Å². The molecule has 1 aliphatic rings. The molecule has 0 bridgehead atoms. The Morgan fingerprint density at radius 2 is 1.97 bits per heavy atom. The highest BCUT2D eigenvalue weighted by Crippen LogP contribution is 2.25. The van der Waals surface area contributed by atoms with Crippen LogP contribution in [0.15, 0.2) is 30.3 Å². The zero-order chi connectivity index (χ0) is 20.5. The fourth-order valence-corrected chi connectivity index (χ4v) is 3.76. The lowest BCUT2D eigenvalue weighted by Crippen LogP contribution is -2.33. The molecule has 3 heterocycles. The van der Waals surface area contributed by atoms with Gasteiger partial charge in [0.05, 0.1) is 18.3 Å². The van der Waals surface area contributed by atoms with Crippen molar-refractivity contribution in [2.45, 2.75) is 65.6 Å². The van der Waals surface area contributed by atoms with E-state index in [1.807, 2.05) is 40.6 Å². The predicted octanol–water partition coefficient (Wildman–Crippen LogP) is 3.53. The third kappa shape index (κ3) is 4.09. The largest absolute Gasteiger partial charge is 0.342 e. The van der Waals surface area contributed by atoms with Crippen LogP contribution < -0.4 is 5.32 Å². The normalized spacial score (nSPS) is 16.1. The Morgan fingerprint density at radius 3 is 2.62 bits per heavy atom. The van der Waals surface area contributed by atoms with Gasteiger partial charge in [-0.3, -0.25) is 9.48 Å². The first-order chi connectivity index (χ1) is 13.9. The second-order valence-electron chi connectivity index (χ2n) is 8.16. The number of amides is 1. The standard InChI is InChI=1S/C22H28N6O/c1-14(2)20-24-21-19(6-5-11-27(21)26-20)23-22(29)18-9-7-17(8-10-18)13-28-16(4)12-15(3)25-28/h7-10,12,14,19H,5-6,11,13H2,1-4H3,(H,23,29). The molecule has 1 aromatic carbocycles. The third-order valence-electron chi connectivity index (χ3n) is 5.36. The van der Waals surface area contributed by atoms with Crippen molar-refractivity contribution in [3.8, 4) is 0 Å². The number of aromatic nitrogens is 5. The van der Waals surface area contributed by atoms with Crippen LogP contribution in [0.3, 0.4) is 0 Å². The van der Waals surface area contributed by atoms with Gasteiger partial charge in [-0.15, -0.1) is 0 Å². The molecule has 1 aliphatic heterocycles. The summed E-state index contributed by atoms with van der Waals surface area (Å²) in [5.41, 5.74) is 3.92. The van der Waals surface area contributed by atoms with E-state index in [1.165, 1.54) is 0 Å². The number of nitrogens with one attached hydrogen (secondary N) is 1. The van der Waals surface area contributed by atoms with E-state index in [1.54, 1.807) is 0 Å². The molecular formula is C22H28N6O. The zero-order valence-corrected chi connectivity index (χ0v) is 17.5. The number of aryl methyl sites for hydroxylation is 3. The second kappa shape index (κ2) is 7.81. The highest BCUT2D eigenvalue weighted by molar-refractivity contribution is 5.94. The Hall–Kier alpha value is -2.96. The molecule has 1 unspecified atom stereocenters. The van der Waals surface area contributed by atoms with Crippen LogP contribution >= 0.6 is 0 Å². The molecule has 0 saturated heterocycles. The monoisotopic (exact) mass is 392 g/mol. The Morgan fingerprint density at radius 1 is 1.21 bits per heavy atom. The molecule has 1 atom stereocenters. The summed E-state index contributed by atoms with van der Waals surface area (Å²) in [6.07, 6.45) is 1.87. The van der Waals surface area contributed by atoms with Crippen molar-refractivity contribution in [2.75, 3.05) is 0 Å². The maximum absolute atomic E-state index is 12.8. The van der Waals surface area contributed by atoms with Crippen molar-refractivity contribution in [2.24, 2.45) is 0 Å². The molecule has 0 radical (unpaired) electrons. The minimum atomic E-state index is -0.0920. The Kier molecular flexibility index (Phi) is 5.22. The number of rotatable bonds is 5. The van der Waals surface area contributed by atoms with Gasteiger partial charge in [0, 0.05) is 23.7 Å². The van der Waals surface area contributed by atoms with Gasteiger partial charge in [0.1, 0.15) is 5.82 Å². The van der Waals surface area contributed by atoms with E-state index >= 15 is 0 Å². The van der Waals surface area contributed by atoms with Crippen LogP contribution in [0.4, 0.5) is 0 Å². The smallest absolute Gasteiger partial charge is 0.251 e. The molecule has 0 spiro atoms. The molecule has 7 heteroatoms. The summed E-state index contributed by atoms with van der Waals surface area (Å²) < 4.78 is 3.92. The van der Waals surface area contributed by atoms with Gasteiger partial charge in [0.2, 0.25) is 0 Å². The third-order valence-corrected chi connectivity index (χ3v) is 5.36. The van der Waals surface area contributed by atoms with E-state index < -0.39 is 0 Å². The van der Waals surface area contributed by atoms with Crippen LogP contribution in [-0.4, -0.2) is 30.5 Å². The van der Waals surface area contributed by atoms with E-state index in [9.17, 15) is 4.79 Å². The molecule has 1 N–H and O–H groups in total. The lowest BCUT2D eigenvalue weighted by Gasteiger charge is -2.23. The number of benzene rings is 1. The van der Waals surface area contributed by atoms with Crippen LogP contribution in [0, 0.1) is 13.8 Å². The molecule has 2 aromatic heterocycles. The van der Waals surface area contributed by atoms with Gasteiger partial charge >= 0.3 is 0 Å². The van der Waals surface area contributed by atoms with E-state index in [-0.39, 0.29) is 17.9 Å². The summed E-state index contributed by atoms with van der Waals surface area (Å²) in [4.78, 5) is 17.5. The molecule has 3 aromatic rings. The summed E-state index contributed by atoms with van der Waals surface area (Å²) in [5, 5.41) is 12.2. The van der Waals surface area contributed by atoms with Crippen LogP contribution in [0.2, 0.25) is 0 Å². The first-order valence-electron chi connectivity index (χ1n) is 10.3. The predicted molar refractivity (Wildman–Crippen MR) is 111 cm³/mol. The van der Waals surface area contributed by atoms with E-state index in [0.29, 0.717) is 12.1 Å². The van der Waals surface area contributed by atoms with Crippen molar-refractivity contribution in [3.05, 3.63) is 64.5 Å². The molecule has 1 amide bonds. The number of fused-ring (bicyclic) bond motifs is 1. The molecule has 7 nitrogen and oxygen atoms in total. The van der Waals surface area contributed by atoms with Gasteiger partial charge in [-0.2, -0.15) is 10.2 Å². The fraction of sp³-hybridized carbons (Fsp3) is 0.455. The first kappa shape index (κ1) is 19.4. The summed E-state index contributed by atoms with van der Waals surface area (Å²) in [7, 11) is 0. The van der Waals surface area contributed by atoms with Gasteiger partial charge in [-0.1, -0.05) is 26.0 Å². The molecule has 0 saturated carbocycles. The van der Waals surface area contributed by atoms with E-state index in [2.05, 4.69) is 47.3 Å². The Balaban J connectivity index is 1.45. The molecule has 152 valence electrons. The second-order valence-corrected chi connectivity index (χ2v) is 8.16. The van der Waals surface area contributed by atoms with Gasteiger partial charge in [-0.25, -0.2) is 9.67 Å². The van der Waals surface area contributed by atoms with Crippen LogP contribution in [0.1, 0.15) is 77.6 Å². The van der Waals surface area contributed by atoms with Gasteiger partial charge in [0.25, 0.3) is 5.91 Å². The highest BCUT2D eigenvalue weighted by atomic mass is 16.1. The summed E-state index contributed by atoms with van der Waals surface area (Å²) in [6, 6.07) is 9.71. The summed E-state index contributed by atoms with van der Waals surface area (Å²) in [6.45, 7) is 9.78. The minimum absolute atomic E-state index is 0.0739. The highest BCUT2D eigenvalue weighted by Gasteiger charge is 2.26. The number of hydrogen-bond donors (Lipinski definition) is 1. The topological polar surface area (TPSA) is 77.6 Å². The van der Waals surface area contributed by atoms with Crippen LogP contribution in [0.5, 0.6) is 0 Å². The number of hydrogen-bond acceptors (Lipinski definition) is 4. The van der Waals surface area contributed by atoms with Crippen LogP contribution in [-0.2, 0) is 13.1 Å². The van der Waals surface area contributed by atoms with Crippen molar-refractivity contribution in [1.82, 2.24) is 29.9 Å². The summed E-state index contributed by atoms with van der Waals surface area (Å²) >= 11 is 0. The Labute approximate surface area is 171 Å². The number of nitrogens with zero attached hydrogens (tertiary/aromatic N) is 5. The minimum Gasteiger partial charge on any atom is -0.342 e. The molecule has 29 heavy (non-hydrogen) atoms. The zero-order valence-electron chi connectivity index (χ0n) is 17.5. The number of carbonyl (C=O) groups is 1. The first-order valence-corrected chi connectivity index (χ1v) is 10.3. The number of carbonyl (C=O) groups excluding carboxylic acids is 1. The average Bonchev–Trinajstić information content (AvgIpc) is 3.26. The van der Waals surface area contributed by atoms with E-state index in [4.69, 9.17) is 0 Å². The molecule has 4 rings (SSSR count). The van der Waals surface area contributed by atoms with E-state index in [0.717, 1.165) is 48.0 Å². The molecule has 0 fully saturated rings. The quantitative estimate of drug-likeness (QED) is 0.721. The van der Waals surface area contributed by atoms with Gasteiger partial charge in [0.15, 0.2) is 5.82 Å². The van der Waals surface area contributed by atoms with Crippen LogP contribution in [0.25, 0.3) is 0 Å². The molecular weight excluding hydrogens is 364 g/mol. The maximum Gasteiger partial charge on any atom is 0.251 e. The Bertz CT molecular complexity index is 1010. The lowest BCUT2D eigenvalue weighted by molar-refractivity contribution is 0.0927. The molecule has 0 aliphatic carbocycles. The SMILES string of the molecule is Cc1cc(C)n(Cc2ccc(C(=O)NC3CCCn4nc(C(C)C)nc43)cc2)n1. The maximum atomic E-state index is 12.8. The van der Waals surface area contributed by atoms with Gasteiger partial charge < -0.3 is 5.32 Å². The fourth-order valence-electron chi connectivity index (χ4n) is 3.76. The lowest BCUT2D eigenvalue weighted by atomic mass is 10.1.